The predicted octanol–water partition coefficient (Wildman–Crippen LogP) is 5.14. The minimum atomic E-state index is 1.04. The molecule has 0 radical (unpaired) electrons. The molecule has 1 aromatic heterocycles. The molecule has 0 saturated heterocycles. The average molecular weight is 277 g/mol. The number of pyridine rings is 1. The number of hydrogen-bond donors (Lipinski definition) is 0. The summed E-state index contributed by atoms with van der Waals surface area (Å²) in [7, 11) is 0. The van der Waals surface area contributed by atoms with Gasteiger partial charge in [0, 0.05) is 11.8 Å². The van der Waals surface area contributed by atoms with Gasteiger partial charge in [-0.15, -0.1) is 11.8 Å². The second kappa shape index (κ2) is 5.93. The van der Waals surface area contributed by atoms with Crippen LogP contribution >= 0.6 is 11.8 Å². The molecule has 0 bridgehead atoms. The summed E-state index contributed by atoms with van der Waals surface area (Å²) in [6.07, 6.45) is 4.03. The number of benzene rings is 2. The molecule has 2 aromatic carbocycles. The van der Waals surface area contributed by atoms with Crippen molar-refractivity contribution in [3.8, 4) is 22.3 Å². The van der Waals surface area contributed by atoms with Gasteiger partial charge in [0.2, 0.25) is 0 Å². The van der Waals surface area contributed by atoms with E-state index in [1.807, 2.05) is 18.3 Å². The molecule has 0 saturated carbocycles. The Morgan fingerprint density at radius 1 is 0.750 bits per heavy atom. The second-order valence-corrected chi connectivity index (χ2v) is 5.33. The van der Waals surface area contributed by atoms with Crippen LogP contribution in [0.1, 0.15) is 0 Å². The molecule has 0 unspecified atom stereocenters. The SMILES string of the molecule is CSc1cc(-c2ccccc2)c(-c2ccccc2)cn1. The third-order valence-corrected chi connectivity index (χ3v) is 3.90. The summed E-state index contributed by atoms with van der Waals surface area (Å²) in [5, 5.41) is 1.04. The molecule has 0 spiro atoms. The van der Waals surface area contributed by atoms with E-state index >= 15 is 0 Å². The Morgan fingerprint density at radius 3 is 1.85 bits per heavy atom. The van der Waals surface area contributed by atoms with E-state index in [0.29, 0.717) is 0 Å². The van der Waals surface area contributed by atoms with Gasteiger partial charge in [-0.1, -0.05) is 60.7 Å². The van der Waals surface area contributed by atoms with Crippen LogP contribution in [-0.2, 0) is 0 Å². The number of rotatable bonds is 3. The molecule has 0 aliphatic carbocycles. The second-order valence-electron chi connectivity index (χ2n) is 4.50. The van der Waals surface area contributed by atoms with Gasteiger partial charge < -0.3 is 0 Å². The molecule has 3 rings (SSSR count). The molecule has 0 amide bonds. The van der Waals surface area contributed by atoms with Crippen LogP contribution in [0.15, 0.2) is 78.0 Å². The van der Waals surface area contributed by atoms with Crippen LogP contribution in [0.4, 0.5) is 0 Å². The van der Waals surface area contributed by atoms with Crippen molar-refractivity contribution in [2.75, 3.05) is 6.26 Å². The average Bonchev–Trinajstić information content (AvgIpc) is 2.56. The first kappa shape index (κ1) is 12.9. The standard InChI is InChI=1S/C18H15NS/c1-20-18-12-16(14-8-4-2-5-9-14)17(13-19-18)15-10-6-3-7-11-15/h2-13H,1H3. The Hall–Kier alpha value is -2.06. The van der Waals surface area contributed by atoms with Gasteiger partial charge in [-0.25, -0.2) is 4.98 Å². The van der Waals surface area contributed by atoms with Gasteiger partial charge in [0.05, 0.1) is 5.03 Å². The van der Waals surface area contributed by atoms with E-state index in [2.05, 4.69) is 65.8 Å². The zero-order valence-corrected chi connectivity index (χ0v) is 12.1. The minimum absolute atomic E-state index is 1.04. The lowest BCUT2D eigenvalue weighted by Crippen LogP contribution is -1.89. The highest BCUT2D eigenvalue weighted by Crippen LogP contribution is 2.33. The van der Waals surface area contributed by atoms with Crippen LogP contribution in [0.25, 0.3) is 22.3 Å². The van der Waals surface area contributed by atoms with Crippen molar-refractivity contribution < 1.29 is 0 Å². The Morgan fingerprint density at radius 2 is 1.30 bits per heavy atom. The van der Waals surface area contributed by atoms with E-state index < -0.39 is 0 Å². The number of nitrogens with zero attached hydrogens (tertiary/aromatic N) is 1. The van der Waals surface area contributed by atoms with Crippen molar-refractivity contribution in [2.45, 2.75) is 5.03 Å². The highest BCUT2D eigenvalue weighted by Gasteiger charge is 2.09. The van der Waals surface area contributed by atoms with E-state index in [1.165, 1.54) is 22.3 Å². The normalized spacial score (nSPS) is 10.4. The smallest absolute Gasteiger partial charge is 0.0963 e. The molecule has 1 nitrogen and oxygen atoms in total. The lowest BCUT2D eigenvalue weighted by Gasteiger charge is -2.11. The predicted molar refractivity (Wildman–Crippen MR) is 86.9 cm³/mol. The molecule has 1 heterocycles. The van der Waals surface area contributed by atoms with Crippen LogP contribution in [0.2, 0.25) is 0 Å². The summed E-state index contributed by atoms with van der Waals surface area (Å²) in [6.45, 7) is 0. The van der Waals surface area contributed by atoms with Crippen molar-refractivity contribution in [1.82, 2.24) is 4.98 Å². The maximum atomic E-state index is 4.52. The van der Waals surface area contributed by atoms with E-state index in [9.17, 15) is 0 Å². The molecule has 0 aliphatic heterocycles. The fourth-order valence-corrected chi connectivity index (χ4v) is 2.65. The van der Waals surface area contributed by atoms with Gasteiger partial charge in [-0.2, -0.15) is 0 Å². The van der Waals surface area contributed by atoms with Gasteiger partial charge in [-0.05, 0) is 29.0 Å². The van der Waals surface area contributed by atoms with Gasteiger partial charge in [0.25, 0.3) is 0 Å². The Bertz CT molecular complexity index is 693. The molecular weight excluding hydrogens is 262 g/mol. The molecule has 98 valence electrons. The molecule has 0 N–H and O–H groups in total. The van der Waals surface area contributed by atoms with Gasteiger partial charge >= 0.3 is 0 Å². The van der Waals surface area contributed by atoms with Crippen molar-refractivity contribution in [3.05, 3.63) is 72.9 Å². The Kier molecular flexibility index (Phi) is 3.84. The number of aromatic nitrogens is 1. The molecular formula is C18H15NS. The van der Waals surface area contributed by atoms with E-state index in [0.717, 1.165) is 5.03 Å². The molecule has 2 heteroatoms. The van der Waals surface area contributed by atoms with Crippen LogP contribution in [0.5, 0.6) is 0 Å². The zero-order chi connectivity index (χ0) is 13.8. The minimum Gasteiger partial charge on any atom is -0.249 e. The third kappa shape index (κ3) is 2.61. The summed E-state index contributed by atoms with van der Waals surface area (Å²) in [5.41, 5.74) is 4.83. The summed E-state index contributed by atoms with van der Waals surface area (Å²) in [6, 6.07) is 23.1. The van der Waals surface area contributed by atoms with Crippen molar-refractivity contribution >= 4 is 11.8 Å². The largest absolute Gasteiger partial charge is 0.249 e. The molecule has 20 heavy (non-hydrogen) atoms. The monoisotopic (exact) mass is 277 g/mol. The first-order valence-corrected chi connectivity index (χ1v) is 7.76. The maximum Gasteiger partial charge on any atom is 0.0963 e. The molecule has 0 aliphatic rings. The quantitative estimate of drug-likeness (QED) is 0.615. The summed E-state index contributed by atoms with van der Waals surface area (Å²) < 4.78 is 0. The van der Waals surface area contributed by atoms with Crippen LogP contribution in [0, 0.1) is 0 Å². The third-order valence-electron chi connectivity index (χ3n) is 3.26. The Labute approximate surface area is 123 Å². The molecule has 3 aromatic rings. The van der Waals surface area contributed by atoms with Crippen molar-refractivity contribution in [2.24, 2.45) is 0 Å². The van der Waals surface area contributed by atoms with Crippen LogP contribution in [-0.4, -0.2) is 11.2 Å². The first-order chi connectivity index (χ1) is 9.88. The molecule has 0 atom stereocenters. The van der Waals surface area contributed by atoms with E-state index in [-0.39, 0.29) is 0 Å². The van der Waals surface area contributed by atoms with Gasteiger partial charge in [-0.3, -0.25) is 0 Å². The van der Waals surface area contributed by atoms with Crippen LogP contribution < -0.4 is 0 Å². The van der Waals surface area contributed by atoms with Gasteiger partial charge in [0.15, 0.2) is 0 Å². The fourth-order valence-electron chi connectivity index (χ4n) is 2.25. The lowest BCUT2D eigenvalue weighted by atomic mass is 9.97. The molecule has 0 fully saturated rings. The lowest BCUT2D eigenvalue weighted by molar-refractivity contribution is 1.14. The number of hydrogen-bond acceptors (Lipinski definition) is 2. The number of thioether (sulfide) groups is 1. The summed E-state index contributed by atoms with van der Waals surface area (Å²) in [4.78, 5) is 4.52. The van der Waals surface area contributed by atoms with Crippen LogP contribution in [0.3, 0.4) is 0 Å². The fraction of sp³-hybridized carbons (Fsp3) is 0.0556. The highest BCUT2D eigenvalue weighted by molar-refractivity contribution is 7.98. The van der Waals surface area contributed by atoms with E-state index in [1.54, 1.807) is 11.8 Å². The zero-order valence-electron chi connectivity index (χ0n) is 11.3. The maximum absolute atomic E-state index is 4.52. The van der Waals surface area contributed by atoms with Gasteiger partial charge in [0.1, 0.15) is 0 Å². The topological polar surface area (TPSA) is 12.9 Å². The van der Waals surface area contributed by atoms with Crippen molar-refractivity contribution in [3.63, 3.8) is 0 Å². The Balaban J connectivity index is 2.20. The highest BCUT2D eigenvalue weighted by atomic mass is 32.2. The van der Waals surface area contributed by atoms with E-state index in [4.69, 9.17) is 0 Å². The summed E-state index contributed by atoms with van der Waals surface area (Å²) >= 11 is 1.67. The summed E-state index contributed by atoms with van der Waals surface area (Å²) in [5.74, 6) is 0. The first-order valence-electron chi connectivity index (χ1n) is 6.53. The van der Waals surface area contributed by atoms with Crippen molar-refractivity contribution in [1.29, 1.82) is 0 Å².